The first kappa shape index (κ1) is 12.7. The van der Waals surface area contributed by atoms with E-state index in [1.54, 1.807) is 0 Å². The number of carbonyl (C=O) groups is 1. The second-order valence-corrected chi connectivity index (χ2v) is 3.94. The zero-order chi connectivity index (χ0) is 12.0. The van der Waals surface area contributed by atoms with E-state index in [0.717, 1.165) is 31.3 Å². The van der Waals surface area contributed by atoms with Gasteiger partial charge in [0, 0.05) is 11.3 Å². The van der Waals surface area contributed by atoms with E-state index in [2.05, 4.69) is 4.74 Å². The number of hydrogen-bond donors (Lipinski definition) is 0. The van der Waals surface area contributed by atoms with Gasteiger partial charge in [0.15, 0.2) is 0 Å². The van der Waals surface area contributed by atoms with Crippen LogP contribution in [0.15, 0.2) is 11.6 Å². The Morgan fingerprint density at radius 1 is 1.62 bits per heavy atom. The molecule has 0 N–H and O–H groups in total. The number of nitro groups is 1. The predicted octanol–water partition coefficient (Wildman–Crippen LogP) is 2.09. The van der Waals surface area contributed by atoms with Gasteiger partial charge < -0.3 is 4.74 Å². The highest BCUT2D eigenvalue weighted by atomic mass is 16.6. The highest BCUT2D eigenvalue weighted by Gasteiger charge is 2.26. The largest absolute Gasteiger partial charge is 0.469 e. The van der Waals surface area contributed by atoms with Crippen molar-refractivity contribution in [2.24, 2.45) is 0 Å². The van der Waals surface area contributed by atoms with Crippen LogP contribution in [0.3, 0.4) is 0 Å². The average Bonchev–Trinajstić information content (AvgIpc) is 2.30. The number of esters is 1. The van der Waals surface area contributed by atoms with Crippen LogP contribution in [0.1, 0.15) is 38.5 Å². The Morgan fingerprint density at radius 2 is 2.38 bits per heavy atom. The van der Waals surface area contributed by atoms with E-state index in [1.807, 2.05) is 6.08 Å². The van der Waals surface area contributed by atoms with E-state index >= 15 is 0 Å². The first-order chi connectivity index (χ1) is 7.65. The summed E-state index contributed by atoms with van der Waals surface area (Å²) in [5.74, 6) is -0.386. The molecule has 1 aliphatic carbocycles. The molecule has 0 fully saturated rings. The van der Waals surface area contributed by atoms with E-state index in [0.29, 0.717) is 0 Å². The third-order valence-corrected chi connectivity index (χ3v) is 2.86. The van der Waals surface area contributed by atoms with Crippen molar-refractivity contribution < 1.29 is 14.5 Å². The fourth-order valence-electron chi connectivity index (χ4n) is 1.95. The Hall–Kier alpha value is -1.39. The third-order valence-electron chi connectivity index (χ3n) is 2.86. The molecule has 1 aliphatic rings. The number of nitrogens with zero attached hydrogens (tertiary/aromatic N) is 1. The van der Waals surface area contributed by atoms with E-state index in [1.165, 1.54) is 7.11 Å². The lowest BCUT2D eigenvalue weighted by molar-refractivity contribution is -0.513. The van der Waals surface area contributed by atoms with Crippen molar-refractivity contribution in [2.75, 3.05) is 7.11 Å². The second kappa shape index (κ2) is 6.25. The Kier molecular flexibility index (Phi) is 4.95. The summed E-state index contributed by atoms with van der Waals surface area (Å²) in [6.45, 7) is 0. The molecule has 0 amide bonds. The molecule has 0 spiro atoms. The second-order valence-electron chi connectivity index (χ2n) is 3.94. The van der Waals surface area contributed by atoms with Gasteiger partial charge in [-0.1, -0.05) is 6.08 Å². The summed E-state index contributed by atoms with van der Waals surface area (Å²) in [4.78, 5) is 21.6. The molecule has 0 saturated heterocycles. The van der Waals surface area contributed by atoms with E-state index in [9.17, 15) is 14.9 Å². The Labute approximate surface area is 94.6 Å². The normalized spacial score (nSPS) is 17.4. The number of carbonyl (C=O) groups excluding carboxylic acids is 1. The minimum atomic E-state index is -0.709. The number of rotatable bonds is 5. The van der Waals surface area contributed by atoms with E-state index in [-0.39, 0.29) is 23.7 Å². The third kappa shape index (κ3) is 3.64. The maximum Gasteiger partial charge on any atom is 0.305 e. The monoisotopic (exact) mass is 227 g/mol. The van der Waals surface area contributed by atoms with Crippen LogP contribution in [0.4, 0.5) is 0 Å². The summed E-state index contributed by atoms with van der Waals surface area (Å²) in [6.07, 6.45) is 6.11. The molecule has 90 valence electrons. The maximum atomic E-state index is 11.0. The Morgan fingerprint density at radius 3 is 2.88 bits per heavy atom. The quantitative estimate of drug-likeness (QED) is 0.312. The summed E-state index contributed by atoms with van der Waals surface area (Å²) in [7, 11) is 1.30. The zero-order valence-electron chi connectivity index (χ0n) is 9.48. The molecule has 0 unspecified atom stereocenters. The zero-order valence-corrected chi connectivity index (χ0v) is 9.48. The topological polar surface area (TPSA) is 69.4 Å². The molecule has 0 aliphatic heterocycles. The van der Waals surface area contributed by atoms with Crippen molar-refractivity contribution in [1.82, 2.24) is 0 Å². The molecular weight excluding hydrogens is 210 g/mol. The molecular formula is C11H17NO4. The Bertz CT molecular complexity index is 298. The molecule has 5 heteroatoms. The molecule has 0 bridgehead atoms. The summed E-state index contributed by atoms with van der Waals surface area (Å²) < 4.78 is 4.49. The molecule has 16 heavy (non-hydrogen) atoms. The van der Waals surface area contributed by atoms with Gasteiger partial charge in [-0.05, 0) is 31.3 Å². The fourth-order valence-corrected chi connectivity index (χ4v) is 1.95. The standard InChI is InChI=1S/C11H17NO4/c1-16-11(13)8-7-10(12(14)15)9-5-3-2-4-6-9/h5,10H,2-4,6-8H2,1H3/t10-/m1/s1. The molecule has 0 heterocycles. The lowest BCUT2D eigenvalue weighted by Gasteiger charge is -2.16. The fraction of sp³-hybridized carbons (Fsp3) is 0.727. The van der Waals surface area contributed by atoms with Gasteiger partial charge in [-0.3, -0.25) is 14.9 Å². The van der Waals surface area contributed by atoms with Crippen LogP contribution in [0.2, 0.25) is 0 Å². The number of methoxy groups -OCH3 is 1. The molecule has 0 saturated carbocycles. The SMILES string of the molecule is COC(=O)CC[C@H](C1=CCCCC1)[N+](=O)[O-]. The average molecular weight is 227 g/mol. The van der Waals surface area contributed by atoms with Crippen molar-refractivity contribution in [3.63, 3.8) is 0 Å². The van der Waals surface area contributed by atoms with Crippen LogP contribution in [0, 0.1) is 10.1 Å². The van der Waals surface area contributed by atoms with Gasteiger partial charge in [0.2, 0.25) is 6.04 Å². The van der Waals surface area contributed by atoms with Crippen molar-refractivity contribution >= 4 is 5.97 Å². The van der Waals surface area contributed by atoms with Gasteiger partial charge in [0.05, 0.1) is 13.5 Å². The van der Waals surface area contributed by atoms with Crippen molar-refractivity contribution in [2.45, 2.75) is 44.6 Å². The smallest absolute Gasteiger partial charge is 0.305 e. The summed E-state index contributed by atoms with van der Waals surface area (Å²) >= 11 is 0. The first-order valence-corrected chi connectivity index (χ1v) is 5.54. The molecule has 5 nitrogen and oxygen atoms in total. The lowest BCUT2D eigenvalue weighted by atomic mass is 9.92. The highest BCUT2D eigenvalue weighted by Crippen LogP contribution is 2.24. The van der Waals surface area contributed by atoms with Crippen LogP contribution in [0.5, 0.6) is 0 Å². The first-order valence-electron chi connectivity index (χ1n) is 5.54. The van der Waals surface area contributed by atoms with Gasteiger partial charge in [0.25, 0.3) is 0 Å². The van der Waals surface area contributed by atoms with Crippen LogP contribution < -0.4 is 0 Å². The molecule has 0 radical (unpaired) electrons. The summed E-state index contributed by atoms with van der Waals surface area (Å²) in [5, 5.41) is 10.9. The van der Waals surface area contributed by atoms with Crippen molar-refractivity contribution in [3.8, 4) is 0 Å². The van der Waals surface area contributed by atoms with Crippen LogP contribution in [-0.2, 0) is 9.53 Å². The molecule has 0 aromatic heterocycles. The van der Waals surface area contributed by atoms with Crippen molar-refractivity contribution in [3.05, 3.63) is 21.8 Å². The van der Waals surface area contributed by atoms with Crippen LogP contribution >= 0.6 is 0 Å². The van der Waals surface area contributed by atoms with Gasteiger partial charge in [-0.2, -0.15) is 0 Å². The molecule has 0 aromatic carbocycles. The van der Waals surface area contributed by atoms with Gasteiger partial charge in [0.1, 0.15) is 0 Å². The number of ether oxygens (including phenoxy) is 1. The Balaban J connectivity index is 2.57. The van der Waals surface area contributed by atoms with Gasteiger partial charge >= 0.3 is 5.97 Å². The lowest BCUT2D eigenvalue weighted by Crippen LogP contribution is -2.24. The number of allylic oxidation sites excluding steroid dienone is 1. The molecule has 1 atom stereocenters. The summed E-state index contributed by atoms with van der Waals surface area (Å²) in [5.41, 5.74) is 0.875. The minimum Gasteiger partial charge on any atom is -0.469 e. The van der Waals surface area contributed by atoms with E-state index in [4.69, 9.17) is 0 Å². The maximum absolute atomic E-state index is 11.0. The van der Waals surface area contributed by atoms with Crippen LogP contribution in [0.25, 0.3) is 0 Å². The van der Waals surface area contributed by atoms with Gasteiger partial charge in [-0.25, -0.2) is 0 Å². The minimum absolute atomic E-state index is 0.111. The van der Waals surface area contributed by atoms with Gasteiger partial charge in [-0.15, -0.1) is 0 Å². The molecule has 0 aromatic rings. The summed E-state index contributed by atoms with van der Waals surface area (Å²) in [6, 6.07) is -0.709. The molecule has 1 rings (SSSR count). The highest BCUT2D eigenvalue weighted by molar-refractivity contribution is 5.69. The number of hydrogen-bond acceptors (Lipinski definition) is 4. The van der Waals surface area contributed by atoms with Crippen molar-refractivity contribution in [1.29, 1.82) is 0 Å². The predicted molar refractivity (Wildman–Crippen MR) is 58.6 cm³/mol. The van der Waals surface area contributed by atoms with E-state index < -0.39 is 6.04 Å². The van der Waals surface area contributed by atoms with Crippen LogP contribution in [-0.4, -0.2) is 24.0 Å².